The van der Waals surface area contributed by atoms with Crippen LogP contribution in [-0.4, -0.2) is 257 Å². The van der Waals surface area contributed by atoms with Crippen molar-refractivity contribution in [1.29, 1.82) is 0 Å². The normalized spacial score (nSPS) is 15.0. The molecule has 674 valence electrons. The van der Waals surface area contributed by atoms with E-state index in [1.165, 1.54) is 0 Å². The van der Waals surface area contributed by atoms with Crippen LogP contribution in [0.2, 0.25) is 0 Å². The molecule has 2 aromatic heterocycles. The predicted octanol–water partition coefficient (Wildman–Crippen LogP) is 11.4. The van der Waals surface area contributed by atoms with Gasteiger partial charge in [0.25, 0.3) is 0 Å². The summed E-state index contributed by atoms with van der Waals surface area (Å²) in [5.41, 5.74) is 10.4. The summed E-state index contributed by atoms with van der Waals surface area (Å²) >= 11 is 0. The molecule has 10 bridgehead atoms. The quantitative estimate of drug-likeness (QED) is 0.0325. The smallest absolute Gasteiger partial charge is 0.338 e. The van der Waals surface area contributed by atoms with E-state index in [1.54, 1.807) is 103 Å². The first-order valence-electron chi connectivity index (χ1n) is 42.3. The van der Waals surface area contributed by atoms with E-state index >= 15 is 0 Å². The summed E-state index contributed by atoms with van der Waals surface area (Å²) in [4.78, 5) is 27.0. The van der Waals surface area contributed by atoms with Gasteiger partial charge >= 0.3 is 11.9 Å². The van der Waals surface area contributed by atoms with Crippen LogP contribution in [0.3, 0.4) is 0 Å². The van der Waals surface area contributed by atoms with Gasteiger partial charge in [-0.3, -0.25) is 9.36 Å². The van der Waals surface area contributed by atoms with Gasteiger partial charge in [0.1, 0.15) is 83.9 Å². The zero-order valence-corrected chi connectivity index (χ0v) is 72.9. The van der Waals surface area contributed by atoms with Crippen LogP contribution < -0.4 is 66.3 Å². The van der Waals surface area contributed by atoms with E-state index in [0.29, 0.717) is 306 Å². The van der Waals surface area contributed by atoms with E-state index in [4.69, 9.17) is 114 Å². The van der Waals surface area contributed by atoms with Gasteiger partial charge in [0, 0.05) is 126 Å². The highest BCUT2D eigenvalue weighted by Gasteiger charge is 2.26. The second-order valence-electron chi connectivity index (χ2n) is 29.3. The van der Waals surface area contributed by atoms with Crippen molar-refractivity contribution in [1.82, 2.24) is 30.0 Å². The highest BCUT2D eigenvalue weighted by Crippen LogP contribution is 2.44. The van der Waals surface area contributed by atoms with Gasteiger partial charge in [0.15, 0.2) is 23.0 Å². The van der Waals surface area contributed by atoms with Gasteiger partial charge in [-0.2, -0.15) is 0 Å². The van der Waals surface area contributed by atoms with Crippen LogP contribution in [0.4, 0.5) is 0 Å². The SMILES string of the molecule is COc1cc2c(OC)cc1Cc1cc(OC)c(cc1OC)Cc1cc(OC)c(cc1OC)Cc1cc(OCCCCn3cc(CCOC(=O)c4ccc5c(c4)OCCOCCOCCOCCOCCO5)nn3)c(cc1OCCCCn1cc(CCOC(=O)c3ccc4c(c3)OCCOCCOCCOCCOCCO4)nn1)Cc1cc(OC)c(cc1OC)C2. The molecule has 0 radical (unpaired) electrons. The molecule has 10 aliphatic carbocycles. The Morgan fingerprint density at radius 3 is 0.792 bits per heavy atom. The lowest BCUT2D eigenvalue weighted by atomic mass is 9.94. The standard InChI is InChI=1S/C93H116N6O26/c1-102-80-54-68-46-70-56-86(108-7)72(58-84(70)106-5)48-74-60-89(119-22-12-10-20-99-63-77(95-97-99)18-24-125-93(101)65-14-16-79-91(51-65)123-44-40-117-36-32-113-28-26-111-30-34-115-38-42-121-79)75(49-73-59-85(107-6)71(57-87(73)109-8)47-69-55-81(103-2)67(53-83(69)105-4)45-66(80)52-82(68)104-3)61-88(74)118-21-11-9-19-98-62-76(94-96-98)17-23-124-92(100)64-13-15-78-90(50-64)122-43-39-116-35-31-112-27-25-110-29-33-114-37-41-120-78/h13-16,50-63H,9-12,17-49H2,1-8H3. The third-order valence-corrected chi connectivity index (χ3v) is 20.8. The number of carbonyl (C=O) groups is 2. The van der Waals surface area contributed by atoms with Crippen molar-refractivity contribution in [2.75, 3.05) is 215 Å². The molecule has 0 atom stereocenters. The van der Waals surface area contributed by atoms with Gasteiger partial charge < -0.3 is 114 Å². The molecule has 32 nitrogen and oxygen atoms in total. The Morgan fingerprint density at radius 1 is 0.288 bits per heavy atom. The van der Waals surface area contributed by atoms with E-state index in [1.807, 2.05) is 60.9 Å². The van der Waals surface area contributed by atoms with Crippen LogP contribution in [-0.2, 0) is 105 Å². The van der Waals surface area contributed by atoms with E-state index < -0.39 is 11.9 Å². The van der Waals surface area contributed by atoms with E-state index in [2.05, 4.69) is 32.8 Å². The van der Waals surface area contributed by atoms with Gasteiger partial charge in [-0.25, -0.2) is 9.59 Å². The zero-order chi connectivity index (χ0) is 87.2. The van der Waals surface area contributed by atoms with Crippen molar-refractivity contribution in [3.63, 3.8) is 0 Å². The maximum Gasteiger partial charge on any atom is 0.338 e. The minimum absolute atomic E-state index is 0.0628. The van der Waals surface area contributed by atoms with Crippen molar-refractivity contribution in [2.45, 2.75) is 83.7 Å². The number of nitrogens with zero attached hydrogens (tertiary/aromatic N) is 6. The second-order valence-corrected chi connectivity index (χ2v) is 29.3. The molecule has 9 aromatic rings. The van der Waals surface area contributed by atoms with Crippen molar-refractivity contribution < 1.29 is 123 Å². The van der Waals surface area contributed by atoms with E-state index in [0.717, 1.165) is 55.6 Å². The second kappa shape index (κ2) is 50.0. The highest BCUT2D eigenvalue weighted by atomic mass is 16.6. The van der Waals surface area contributed by atoms with Crippen LogP contribution in [0.5, 0.6) is 80.5 Å². The number of aryl methyl sites for hydroxylation is 2. The predicted molar refractivity (Wildman–Crippen MR) is 458 cm³/mol. The average molecular weight is 1730 g/mol. The topological polar surface area (TPSA) is 317 Å². The summed E-state index contributed by atoms with van der Waals surface area (Å²) in [5.74, 6) is 7.03. The summed E-state index contributed by atoms with van der Waals surface area (Å²) in [6.07, 6.45) is 8.97. The Morgan fingerprint density at radius 2 is 0.528 bits per heavy atom. The number of esters is 2. The molecule has 21 rings (SSSR count). The molecule has 0 amide bonds. The number of methoxy groups -OCH3 is 8. The van der Waals surface area contributed by atoms with Gasteiger partial charge in [0.05, 0.1) is 212 Å². The number of hydrogen-bond donors (Lipinski definition) is 0. The molecule has 7 aromatic carbocycles. The first kappa shape index (κ1) is 92.8. The fraction of sp³-hybridized carbons (Fsp3) is 0.484. The highest BCUT2D eigenvalue weighted by molar-refractivity contribution is 5.91. The number of carbonyl (C=O) groups excluding carboxylic acids is 2. The molecule has 0 unspecified atom stereocenters. The third-order valence-electron chi connectivity index (χ3n) is 20.8. The van der Waals surface area contributed by atoms with Gasteiger partial charge in [-0.1, -0.05) is 10.4 Å². The maximum atomic E-state index is 13.5. The minimum Gasteiger partial charge on any atom is -0.496 e. The summed E-state index contributed by atoms with van der Waals surface area (Å²) in [6, 6.07) is 30.1. The lowest BCUT2D eigenvalue weighted by molar-refractivity contribution is -0.00842. The van der Waals surface area contributed by atoms with Crippen LogP contribution >= 0.6 is 0 Å². The average Bonchev–Trinajstić information content (AvgIpc) is 1.33. The molecule has 4 heterocycles. The maximum absolute atomic E-state index is 13.5. The van der Waals surface area contributed by atoms with Crippen molar-refractivity contribution in [3.05, 3.63) is 188 Å². The number of rotatable bonds is 28. The van der Waals surface area contributed by atoms with Crippen LogP contribution in [0.1, 0.15) is 113 Å². The van der Waals surface area contributed by atoms with Gasteiger partial charge in [-0.15, -0.1) is 10.2 Å². The van der Waals surface area contributed by atoms with Crippen LogP contribution in [0.15, 0.2) is 109 Å². The van der Waals surface area contributed by atoms with Crippen LogP contribution in [0.25, 0.3) is 0 Å². The lowest BCUT2D eigenvalue weighted by Crippen LogP contribution is -2.16. The summed E-state index contributed by atoms with van der Waals surface area (Å²) in [7, 11) is 13.3. The van der Waals surface area contributed by atoms with Crippen molar-refractivity contribution in [3.8, 4) is 80.5 Å². The minimum atomic E-state index is -0.531. The zero-order valence-electron chi connectivity index (χ0n) is 72.9. The number of ether oxygens (including phenoxy) is 24. The molecule has 0 fully saturated rings. The number of aromatic nitrogens is 6. The monoisotopic (exact) mass is 1730 g/mol. The first-order valence-corrected chi connectivity index (χ1v) is 42.3. The summed E-state index contributed by atoms with van der Waals surface area (Å²) < 4.78 is 148. The fourth-order valence-corrected chi connectivity index (χ4v) is 14.4. The van der Waals surface area contributed by atoms with Crippen molar-refractivity contribution in [2.24, 2.45) is 0 Å². The Balaban J connectivity index is 0.758. The van der Waals surface area contributed by atoms with Crippen molar-refractivity contribution >= 4 is 11.9 Å². The van der Waals surface area contributed by atoms with Gasteiger partial charge in [-0.05, 0) is 123 Å². The number of fused-ring (bicyclic) bond motifs is 2. The molecule has 0 N–H and O–H groups in total. The summed E-state index contributed by atoms with van der Waals surface area (Å²) in [6.45, 7) is 9.29. The Kier molecular flexibility index (Phi) is 37.1. The number of benzene rings is 7. The Bertz CT molecular complexity index is 4580. The molecule has 12 aliphatic rings. The Hall–Kier alpha value is -11.4. The molecule has 0 saturated carbocycles. The fourth-order valence-electron chi connectivity index (χ4n) is 14.4. The first-order chi connectivity index (χ1) is 61.4. The molecular weight excluding hydrogens is 1620 g/mol. The number of hydrogen-bond acceptors (Lipinski definition) is 30. The molecule has 125 heavy (non-hydrogen) atoms. The van der Waals surface area contributed by atoms with Gasteiger partial charge in [0.2, 0.25) is 0 Å². The van der Waals surface area contributed by atoms with E-state index in [-0.39, 0.29) is 39.6 Å². The molecular formula is C93H116N6O26. The largest absolute Gasteiger partial charge is 0.496 e. The van der Waals surface area contributed by atoms with Crippen LogP contribution in [0, 0.1) is 0 Å². The van der Waals surface area contributed by atoms with E-state index in [9.17, 15) is 9.59 Å². The summed E-state index contributed by atoms with van der Waals surface area (Å²) in [5, 5.41) is 17.7. The number of unbranched alkanes of at least 4 members (excludes halogenated alkanes) is 2. The Labute approximate surface area is 729 Å². The third kappa shape index (κ3) is 27.8. The lowest BCUT2D eigenvalue weighted by Gasteiger charge is -2.21. The molecule has 32 heteroatoms. The molecule has 0 spiro atoms. The molecule has 2 aliphatic heterocycles. The molecule has 0 saturated heterocycles.